The van der Waals surface area contributed by atoms with Crippen LogP contribution in [0.4, 0.5) is 10.8 Å². The number of rotatable bonds is 3. The summed E-state index contributed by atoms with van der Waals surface area (Å²) in [5.74, 6) is 2.40. The van der Waals surface area contributed by atoms with Crippen molar-refractivity contribution in [3.63, 3.8) is 0 Å². The summed E-state index contributed by atoms with van der Waals surface area (Å²) in [6.07, 6.45) is 0. The Labute approximate surface area is 160 Å². The van der Waals surface area contributed by atoms with Gasteiger partial charge in [0.1, 0.15) is 18.9 Å². The molecular formula is C20H18N4O2S. The van der Waals surface area contributed by atoms with E-state index < -0.39 is 0 Å². The van der Waals surface area contributed by atoms with E-state index in [2.05, 4.69) is 35.0 Å². The van der Waals surface area contributed by atoms with E-state index in [4.69, 9.17) is 19.4 Å². The second kappa shape index (κ2) is 6.28. The molecule has 1 N–H and O–H groups in total. The molecule has 136 valence electrons. The molecular weight excluding hydrogens is 360 g/mol. The lowest BCUT2D eigenvalue weighted by Gasteiger charge is -2.18. The smallest absolute Gasteiger partial charge is 0.187 e. The van der Waals surface area contributed by atoms with E-state index in [1.54, 1.807) is 11.3 Å². The van der Waals surface area contributed by atoms with Crippen LogP contribution in [0, 0.1) is 6.92 Å². The first-order valence-electron chi connectivity index (χ1n) is 8.73. The van der Waals surface area contributed by atoms with Crippen molar-refractivity contribution in [2.24, 2.45) is 7.05 Å². The van der Waals surface area contributed by atoms with Crippen molar-refractivity contribution >= 4 is 33.2 Å². The van der Waals surface area contributed by atoms with Crippen molar-refractivity contribution in [2.75, 3.05) is 18.5 Å². The summed E-state index contributed by atoms with van der Waals surface area (Å²) in [6, 6.07) is 12.1. The van der Waals surface area contributed by atoms with Crippen LogP contribution in [-0.4, -0.2) is 27.7 Å². The molecule has 0 spiro atoms. The van der Waals surface area contributed by atoms with E-state index in [0.29, 0.717) is 13.2 Å². The van der Waals surface area contributed by atoms with Gasteiger partial charge in [0.2, 0.25) is 0 Å². The first-order chi connectivity index (χ1) is 13.2. The van der Waals surface area contributed by atoms with Crippen LogP contribution in [-0.2, 0) is 7.05 Å². The molecule has 3 heterocycles. The van der Waals surface area contributed by atoms with E-state index in [9.17, 15) is 0 Å². The van der Waals surface area contributed by atoms with Gasteiger partial charge in [-0.15, -0.1) is 11.3 Å². The van der Waals surface area contributed by atoms with Crippen LogP contribution in [0.1, 0.15) is 5.56 Å². The molecule has 5 rings (SSSR count). The lowest BCUT2D eigenvalue weighted by molar-refractivity contribution is 0.171. The number of ether oxygens (including phenoxy) is 2. The first-order valence-corrected chi connectivity index (χ1v) is 9.61. The third-order valence-corrected chi connectivity index (χ3v) is 5.32. The maximum atomic E-state index is 5.64. The van der Waals surface area contributed by atoms with Crippen molar-refractivity contribution in [1.82, 2.24) is 14.5 Å². The Hall–Kier alpha value is -3.06. The minimum absolute atomic E-state index is 0.573. The number of hydrogen-bond donors (Lipinski definition) is 1. The van der Waals surface area contributed by atoms with Crippen molar-refractivity contribution in [3.05, 3.63) is 47.3 Å². The molecule has 0 saturated heterocycles. The summed E-state index contributed by atoms with van der Waals surface area (Å²) >= 11 is 1.55. The van der Waals surface area contributed by atoms with Gasteiger partial charge in [-0.1, -0.05) is 6.07 Å². The standard InChI is InChI=1S/C20H18N4O2S/c1-12-3-5-16-14(9-12)22-19(24(16)2)15-11-27-20(23-15)21-13-4-6-17-18(10-13)26-8-7-25-17/h3-6,9-11H,7-8H2,1-2H3,(H,21,23). The number of aryl methyl sites for hydroxylation is 2. The van der Waals surface area contributed by atoms with Crippen LogP contribution < -0.4 is 14.8 Å². The van der Waals surface area contributed by atoms with Crippen molar-refractivity contribution in [3.8, 4) is 23.0 Å². The summed E-state index contributed by atoms with van der Waals surface area (Å²) in [7, 11) is 2.02. The quantitative estimate of drug-likeness (QED) is 0.568. The van der Waals surface area contributed by atoms with Gasteiger partial charge in [-0.2, -0.15) is 0 Å². The van der Waals surface area contributed by atoms with Gasteiger partial charge in [-0.25, -0.2) is 9.97 Å². The van der Waals surface area contributed by atoms with Gasteiger partial charge in [0, 0.05) is 24.2 Å². The molecule has 0 atom stereocenters. The van der Waals surface area contributed by atoms with E-state index in [0.717, 1.165) is 44.9 Å². The van der Waals surface area contributed by atoms with Crippen LogP contribution in [0.25, 0.3) is 22.6 Å². The molecule has 0 fully saturated rings. The highest BCUT2D eigenvalue weighted by molar-refractivity contribution is 7.14. The lowest BCUT2D eigenvalue weighted by atomic mass is 10.2. The Morgan fingerprint density at radius 3 is 2.78 bits per heavy atom. The summed E-state index contributed by atoms with van der Waals surface area (Å²) in [4.78, 5) is 9.48. The number of fused-ring (bicyclic) bond motifs is 2. The number of hydrogen-bond acceptors (Lipinski definition) is 6. The maximum absolute atomic E-state index is 5.64. The predicted octanol–water partition coefficient (Wildman–Crippen LogP) is 4.52. The van der Waals surface area contributed by atoms with E-state index in [-0.39, 0.29) is 0 Å². The van der Waals surface area contributed by atoms with Crippen LogP contribution in [0.15, 0.2) is 41.8 Å². The summed E-state index contributed by atoms with van der Waals surface area (Å²) in [5.41, 5.74) is 5.07. The molecule has 2 aromatic carbocycles. The molecule has 4 aromatic rings. The topological polar surface area (TPSA) is 61.2 Å². The monoisotopic (exact) mass is 378 g/mol. The molecule has 0 bridgehead atoms. The Morgan fingerprint density at radius 1 is 1.04 bits per heavy atom. The van der Waals surface area contributed by atoms with Gasteiger partial charge in [-0.3, -0.25) is 0 Å². The molecule has 1 aliphatic heterocycles. The average molecular weight is 378 g/mol. The number of nitrogens with zero attached hydrogens (tertiary/aromatic N) is 3. The van der Waals surface area contributed by atoms with E-state index in [1.807, 2.05) is 30.6 Å². The number of imidazole rings is 1. The van der Waals surface area contributed by atoms with Gasteiger partial charge in [0.25, 0.3) is 0 Å². The van der Waals surface area contributed by atoms with Crippen molar-refractivity contribution in [1.29, 1.82) is 0 Å². The van der Waals surface area contributed by atoms with Crippen LogP contribution in [0.3, 0.4) is 0 Å². The van der Waals surface area contributed by atoms with Gasteiger partial charge >= 0.3 is 0 Å². The Morgan fingerprint density at radius 2 is 1.89 bits per heavy atom. The second-order valence-electron chi connectivity index (χ2n) is 6.51. The fourth-order valence-electron chi connectivity index (χ4n) is 3.22. The average Bonchev–Trinajstić information content (AvgIpc) is 3.26. The van der Waals surface area contributed by atoms with E-state index in [1.165, 1.54) is 5.56 Å². The summed E-state index contributed by atoms with van der Waals surface area (Å²) in [6.45, 7) is 3.24. The number of anilines is 2. The molecule has 27 heavy (non-hydrogen) atoms. The minimum atomic E-state index is 0.573. The zero-order valence-electron chi connectivity index (χ0n) is 15.0. The van der Waals surface area contributed by atoms with E-state index >= 15 is 0 Å². The molecule has 0 saturated carbocycles. The zero-order valence-corrected chi connectivity index (χ0v) is 15.8. The molecule has 1 aliphatic rings. The largest absolute Gasteiger partial charge is 0.486 e. The van der Waals surface area contributed by atoms with Crippen molar-refractivity contribution < 1.29 is 9.47 Å². The third kappa shape index (κ3) is 2.90. The third-order valence-electron chi connectivity index (χ3n) is 4.56. The summed E-state index contributed by atoms with van der Waals surface area (Å²) in [5, 5.41) is 6.17. The zero-order chi connectivity index (χ0) is 18.4. The molecule has 2 aromatic heterocycles. The number of aromatic nitrogens is 3. The Balaban J connectivity index is 1.44. The Kier molecular flexibility index (Phi) is 3.75. The first kappa shape index (κ1) is 16.1. The molecule has 0 amide bonds. The maximum Gasteiger partial charge on any atom is 0.187 e. The van der Waals surface area contributed by atoms with Gasteiger partial charge in [-0.05, 0) is 36.8 Å². The second-order valence-corrected chi connectivity index (χ2v) is 7.37. The van der Waals surface area contributed by atoms with Crippen LogP contribution >= 0.6 is 11.3 Å². The highest BCUT2D eigenvalue weighted by Crippen LogP contribution is 2.35. The molecule has 6 nitrogen and oxygen atoms in total. The van der Waals surface area contributed by atoms with Crippen molar-refractivity contribution in [2.45, 2.75) is 6.92 Å². The van der Waals surface area contributed by atoms with Gasteiger partial charge in [0.15, 0.2) is 22.5 Å². The summed E-state index contributed by atoms with van der Waals surface area (Å²) < 4.78 is 13.3. The highest BCUT2D eigenvalue weighted by Gasteiger charge is 2.15. The van der Waals surface area contributed by atoms with Crippen LogP contribution in [0.5, 0.6) is 11.5 Å². The normalized spacial score (nSPS) is 13.1. The number of thiazole rings is 1. The van der Waals surface area contributed by atoms with Crippen LogP contribution in [0.2, 0.25) is 0 Å². The fourth-order valence-corrected chi connectivity index (χ4v) is 3.93. The molecule has 0 aliphatic carbocycles. The Bertz CT molecular complexity index is 1150. The highest BCUT2D eigenvalue weighted by atomic mass is 32.1. The molecule has 0 unspecified atom stereocenters. The molecule has 0 radical (unpaired) electrons. The molecule has 7 heteroatoms. The predicted molar refractivity (Wildman–Crippen MR) is 107 cm³/mol. The number of nitrogens with one attached hydrogen (secondary N) is 1. The van der Waals surface area contributed by atoms with Gasteiger partial charge < -0.3 is 19.4 Å². The lowest BCUT2D eigenvalue weighted by Crippen LogP contribution is -2.15. The SMILES string of the molecule is Cc1ccc2c(c1)nc(-c1csc(Nc3ccc4c(c3)OCCO4)n1)n2C. The fraction of sp³-hybridized carbons (Fsp3) is 0.200. The van der Waals surface area contributed by atoms with Gasteiger partial charge in [0.05, 0.1) is 11.0 Å². The minimum Gasteiger partial charge on any atom is -0.486 e. The number of benzene rings is 2.